The normalized spacial score (nSPS) is 11.4. The molecule has 0 aliphatic rings. The molecule has 0 spiro atoms. The minimum absolute atomic E-state index is 0.0998. The van der Waals surface area contributed by atoms with Crippen LogP contribution in [-0.2, 0) is 4.79 Å². The molecule has 0 fully saturated rings. The van der Waals surface area contributed by atoms with Crippen LogP contribution in [0.15, 0.2) is 29.8 Å². The average Bonchev–Trinajstić information content (AvgIpc) is 2.37. The first kappa shape index (κ1) is 14.4. The van der Waals surface area contributed by atoms with Crippen molar-refractivity contribution in [2.24, 2.45) is 0 Å². The molecule has 0 radical (unpaired) electrons. The van der Waals surface area contributed by atoms with Gasteiger partial charge in [-0.1, -0.05) is 19.1 Å². The largest absolute Gasteiger partial charge is 0.351 e. The van der Waals surface area contributed by atoms with Crippen molar-refractivity contribution in [3.63, 3.8) is 0 Å². The Labute approximate surface area is 107 Å². The van der Waals surface area contributed by atoms with Gasteiger partial charge < -0.3 is 10.6 Å². The highest BCUT2D eigenvalue weighted by atomic mass is 19.1. The minimum atomic E-state index is -0.278. The van der Waals surface area contributed by atoms with Crippen molar-refractivity contribution in [1.82, 2.24) is 10.6 Å². The molecule has 98 valence electrons. The van der Waals surface area contributed by atoms with E-state index in [9.17, 15) is 9.18 Å². The summed E-state index contributed by atoms with van der Waals surface area (Å²) in [6, 6.07) is 6.04. The van der Waals surface area contributed by atoms with Gasteiger partial charge in [-0.05, 0) is 37.2 Å². The summed E-state index contributed by atoms with van der Waals surface area (Å²) in [5.41, 5.74) is 1.42. The number of hydrogen-bond acceptors (Lipinski definition) is 2. The molecular weight excluding hydrogens is 231 g/mol. The van der Waals surface area contributed by atoms with E-state index in [0.717, 1.165) is 18.7 Å². The summed E-state index contributed by atoms with van der Waals surface area (Å²) in [7, 11) is 0. The molecule has 0 aromatic heterocycles. The van der Waals surface area contributed by atoms with E-state index >= 15 is 0 Å². The topological polar surface area (TPSA) is 41.1 Å². The van der Waals surface area contributed by atoms with Crippen molar-refractivity contribution in [2.75, 3.05) is 19.6 Å². The maximum Gasteiger partial charge on any atom is 0.246 e. The molecule has 0 atom stereocenters. The molecule has 0 saturated heterocycles. The summed E-state index contributed by atoms with van der Waals surface area (Å²) in [4.78, 5) is 11.7. The van der Waals surface area contributed by atoms with Gasteiger partial charge in [0.25, 0.3) is 0 Å². The maximum atomic E-state index is 12.7. The van der Waals surface area contributed by atoms with E-state index in [-0.39, 0.29) is 11.7 Å². The molecule has 4 heteroatoms. The lowest BCUT2D eigenvalue weighted by Gasteiger charge is -2.05. The van der Waals surface area contributed by atoms with E-state index in [1.807, 2.05) is 6.92 Å². The molecule has 0 aliphatic heterocycles. The Morgan fingerprint density at radius 1 is 1.28 bits per heavy atom. The lowest BCUT2D eigenvalue weighted by Crippen LogP contribution is -2.32. The fraction of sp³-hybridized carbons (Fsp3) is 0.357. The van der Waals surface area contributed by atoms with Gasteiger partial charge in [0, 0.05) is 18.7 Å². The Balaban J connectivity index is 2.49. The molecule has 0 unspecified atom stereocenters. The number of hydrogen-bond donors (Lipinski definition) is 2. The van der Waals surface area contributed by atoms with E-state index in [1.165, 1.54) is 12.1 Å². The minimum Gasteiger partial charge on any atom is -0.351 e. The molecule has 2 N–H and O–H groups in total. The van der Waals surface area contributed by atoms with Crippen LogP contribution in [0.3, 0.4) is 0 Å². The predicted molar refractivity (Wildman–Crippen MR) is 71.6 cm³/mol. The van der Waals surface area contributed by atoms with Gasteiger partial charge in [-0.25, -0.2) is 4.39 Å². The number of benzene rings is 1. The number of nitrogens with one attached hydrogen (secondary N) is 2. The summed E-state index contributed by atoms with van der Waals surface area (Å²) in [5, 5.41) is 5.93. The molecule has 0 bridgehead atoms. The van der Waals surface area contributed by atoms with Crippen molar-refractivity contribution in [1.29, 1.82) is 0 Å². The van der Waals surface area contributed by atoms with Crippen molar-refractivity contribution >= 4 is 12.0 Å². The third kappa shape index (κ3) is 5.10. The zero-order valence-electron chi connectivity index (χ0n) is 10.8. The molecular formula is C14H19FN2O. The Hall–Kier alpha value is -1.68. The smallest absolute Gasteiger partial charge is 0.246 e. The van der Waals surface area contributed by atoms with E-state index in [0.29, 0.717) is 12.1 Å². The summed E-state index contributed by atoms with van der Waals surface area (Å²) < 4.78 is 12.7. The SMILES string of the molecule is CCNCCNC(=O)C(C)=Cc1ccc(F)cc1. The second kappa shape index (κ2) is 7.61. The number of halogens is 1. The molecule has 1 amide bonds. The fourth-order valence-electron chi connectivity index (χ4n) is 1.46. The van der Waals surface area contributed by atoms with Crippen LogP contribution in [0.1, 0.15) is 19.4 Å². The zero-order valence-corrected chi connectivity index (χ0v) is 10.8. The van der Waals surface area contributed by atoms with Crippen LogP contribution in [0.4, 0.5) is 4.39 Å². The standard InChI is InChI=1S/C14H19FN2O/c1-3-16-8-9-17-14(18)11(2)10-12-4-6-13(15)7-5-12/h4-7,10,16H,3,8-9H2,1-2H3,(H,17,18). The number of carbonyl (C=O) groups is 1. The van der Waals surface area contributed by atoms with Crippen molar-refractivity contribution in [3.8, 4) is 0 Å². The first-order valence-corrected chi connectivity index (χ1v) is 6.06. The lowest BCUT2D eigenvalue weighted by atomic mass is 10.1. The first-order valence-electron chi connectivity index (χ1n) is 6.06. The number of carbonyl (C=O) groups excluding carboxylic acids is 1. The Morgan fingerprint density at radius 2 is 1.94 bits per heavy atom. The van der Waals surface area contributed by atoms with Gasteiger partial charge in [0.2, 0.25) is 5.91 Å². The maximum absolute atomic E-state index is 12.7. The summed E-state index contributed by atoms with van der Waals surface area (Å²) in [6.07, 6.45) is 1.74. The first-order chi connectivity index (χ1) is 8.63. The highest BCUT2D eigenvalue weighted by Crippen LogP contribution is 2.08. The third-order valence-corrected chi connectivity index (χ3v) is 2.45. The van der Waals surface area contributed by atoms with Crippen molar-refractivity contribution in [2.45, 2.75) is 13.8 Å². The van der Waals surface area contributed by atoms with Gasteiger partial charge >= 0.3 is 0 Å². The molecule has 0 heterocycles. The van der Waals surface area contributed by atoms with Crippen molar-refractivity contribution in [3.05, 3.63) is 41.2 Å². The third-order valence-electron chi connectivity index (χ3n) is 2.45. The van der Waals surface area contributed by atoms with Gasteiger partial charge in [-0.15, -0.1) is 0 Å². The van der Waals surface area contributed by atoms with Crippen LogP contribution in [0, 0.1) is 5.82 Å². The van der Waals surface area contributed by atoms with E-state index < -0.39 is 0 Å². The molecule has 3 nitrogen and oxygen atoms in total. The van der Waals surface area contributed by atoms with Crippen LogP contribution >= 0.6 is 0 Å². The van der Waals surface area contributed by atoms with Crippen LogP contribution < -0.4 is 10.6 Å². The van der Waals surface area contributed by atoms with Gasteiger partial charge in [0.15, 0.2) is 0 Å². The highest BCUT2D eigenvalue weighted by Gasteiger charge is 2.02. The Kier molecular flexibility index (Phi) is 6.08. The highest BCUT2D eigenvalue weighted by molar-refractivity contribution is 5.97. The average molecular weight is 250 g/mol. The summed E-state index contributed by atoms with van der Waals surface area (Å²) in [5.74, 6) is -0.378. The fourth-order valence-corrected chi connectivity index (χ4v) is 1.46. The molecule has 1 rings (SSSR count). The summed E-state index contributed by atoms with van der Waals surface area (Å²) >= 11 is 0. The van der Waals surface area contributed by atoms with Gasteiger partial charge in [0.1, 0.15) is 5.82 Å². The lowest BCUT2D eigenvalue weighted by molar-refractivity contribution is -0.117. The van der Waals surface area contributed by atoms with E-state index in [2.05, 4.69) is 10.6 Å². The molecule has 1 aromatic carbocycles. The number of likely N-dealkylation sites (N-methyl/N-ethyl adjacent to an activating group) is 1. The summed E-state index contributed by atoms with van der Waals surface area (Å²) in [6.45, 7) is 6.00. The van der Waals surface area contributed by atoms with Crippen LogP contribution in [0.2, 0.25) is 0 Å². The van der Waals surface area contributed by atoms with Crippen molar-refractivity contribution < 1.29 is 9.18 Å². The monoisotopic (exact) mass is 250 g/mol. The van der Waals surface area contributed by atoms with Crippen LogP contribution in [0.5, 0.6) is 0 Å². The van der Waals surface area contributed by atoms with Gasteiger partial charge in [-0.3, -0.25) is 4.79 Å². The second-order valence-corrected chi connectivity index (χ2v) is 3.99. The van der Waals surface area contributed by atoms with Crippen LogP contribution in [0.25, 0.3) is 6.08 Å². The number of rotatable bonds is 6. The second-order valence-electron chi connectivity index (χ2n) is 3.99. The molecule has 18 heavy (non-hydrogen) atoms. The van der Waals surface area contributed by atoms with E-state index in [4.69, 9.17) is 0 Å². The number of amides is 1. The zero-order chi connectivity index (χ0) is 13.4. The molecule has 0 saturated carbocycles. The van der Waals surface area contributed by atoms with E-state index in [1.54, 1.807) is 25.1 Å². The molecule has 0 aliphatic carbocycles. The predicted octanol–water partition coefficient (Wildman–Crippen LogP) is 1.95. The molecule has 1 aromatic rings. The quantitative estimate of drug-likeness (QED) is 0.598. The van der Waals surface area contributed by atoms with Gasteiger partial charge in [0.05, 0.1) is 0 Å². The van der Waals surface area contributed by atoms with Crippen LogP contribution in [-0.4, -0.2) is 25.5 Å². The Bertz CT molecular complexity index is 412. The Morgan fingerprint density at radius 3 is 2.56 bits per heavy atom. The van der Waals surface area contributed by atoms with Gasteiger partial charge in [-0.2, -0.15) is 0 Å².